The molecule has 1 atom stereocenters. The summed E-state index contributed by atoms with van der Waals surface area (Å²) in [5.74, 6) is -1.01. The lowest BCUT2D eigenvalue weighted by Gasteiger charge is -2.24. The summed E-state index contributed by atoms with van der Waals surface area (Å²) in [6.07, 6.45) is 3.74. The summed E-state index contributed by atoms with van der Waals surface area (Å²) in [5, 5.41) is 23.4. The van der Waals surface area contributed by atoms with Crippen molar-refractivity contribution in [1.82, 2.24) is 9.88 Å². The lowest BCUT2D eigenvalue weighted by Crippen LogP contribution is -2.37. The van der Waals surface area contributed by atoms with Gasteiger partial charge in [0.2, 0.25) is 5.91 Å². The first-order chi connectivity index (χ1) is 13.5. The summed E-state index contributed by atoms with van der Waals surface area (Å²) >= 11 is 1.40. The standard InChI is InChI=1S/C20H19N3O4S/c1-2-9-23(20(26)27)12-16(13-3-5-15(24)6-4-13)19(25)22-18-10-14-7-8-21-11-17(14)28-18/h2-8,10-11,16,24H,1,9,12H2,(H,22,25)(H,26,27). The SMILES string of the molecule is C=CCN(CC(C(=O)Nc1cc2ccncc2s1)c1ccc(O)cc1)C(=O)O. The van der Waals surface area contributed by atoms with Crippen LogP contribution < -0.4 is 5.32 Å². The van der Waals surface area contributed by atoms with Crippen LogP contribution >= 0.6 is 11.3 Å². The average Bonchev–Trinajstić information content (AvgIpc) is 3.08. The van der Waals surface area contributed by atoms with Gasteiger partial charge in [-0.3, -0.25) is 9.78 Å². The summed E-state index contributed by atoms with van der Waals surface area (Å²) in [7, 11) is 0. The van der Waals surface area contributed by atoms with Gasteiger partial charge < -0.3 is 20.4 Å². The number of rotatable bonds is 7. The van der Waals surface area contributed by atoms with Crippen molar-refractivity contribution in [2.75, 3.05) is 18.4 Å². The van der Waals surface area contributed by atoms with Crippen LogP contribution in [0.4, 0.5) is 9.80 Å². The van der Waals surface area contributed by atoms with Crippen LogP contribution in [-0.4, -0.2) is 45.2 Å². The minimum absolute atomic E-state index is 0.0373. The minimum Gasteiger partial charge on any atom is -0.508 e. The predicted molar refractivity (Wildman–Crippen MR) is 109 cm³/mol. The maximum atomic E-state index is 13.0. The number of carbonyl (C=O) groups excluding carboxylic acids is 1. The van der Waals surface area contributed by atoms with Crippen molar-refractivity contribution in [3.05, 3.63) is 67.0 Å². The van der Waals surface area contributed by atoms with Crippen LogP contribution in [0.3, 0.4) is 0 Å². The van der Waals surface area contributed by atoms with Crippen LogP contribution in [0.2, 0.25) is 0 Å². The molecular formula is C20H19N3O4S. The smallest absolute Gasteiger partial charge is 0.407 e. The van der Waals surface area contributed by atoms with E-state index in [2.05, 4.69) is 16.9 Å². The Hall–Kier alpha value is -3.39. The van der Waals surface area contributed by atoms with E-state index in [9.17, 15) is 19.8 Å². The van der Waals surface area contributed by atoms with Gasteiger partial charge in [-0.25, -0.2) is 4.79 Å². The number of anilines is 1. The molecule has 28 heavy (non-hydrogen) atoms. The number of carbonyl (C=O) groups is 2. The number of nitrogens with zero attached hydrogens (tertiary/aromatic N) is 2. The molecule has 3 N–H and O–H groups in total. The molecule has 2 amide bonds. The zero-order valence-corrected chi connectivity index (χ0v) is 15.7. The molecule has 0 saturated carbocycles. The molecule has 3 rings (SSSR count). The van der Waals surface area contributed by atoms with E-state index in [4.69, 9.17) is 0 Å². The maximum absolute atomic E-state index is 13.0. The summed E-state index contributed by atoms with van der Waals surface area (Å²) < 4.78 is 0.942. The van der Waals surface area contributed by atoms with Crippen LogP contribution in [-0.2, 0) is 4.79 Å². The van der Waals surface area contributed by atoms with E-state index in [1.54, 1.807) is 24.5 Å². The highest BCUT2D eigenvalue weighted by Gasteiger charge is 2.26. The summed E-state index contributed by atoms with van der Waals surface area (Å²) in [5.41, 5.74) is 0.605. The molecule has 0 saturated heterocycles. The Labute approximate surface area is 165 Å². The largest absolute Gasteiger partial charge is 0.508 e. The fourth-order valence-electron chi connectivity index (χ4n) is 2.81. The Morgan fingerprint density at radius 2 is 2.04 bits per heavy atom. The van der Waals surface area contributed by atoms with Crippen molar-refractivity contribution in [3.8, 4) is 5.75 Å². The van der Waals surface area contributed by atoms with Crippen LogP contribution in [0.25, 0.3) is 10.1 Å². The molecule has 2 heterocycles. The monoisotopic (exact) mass is 397 g/mol. The highest BCUT2D eigenvalue weighted by molar-refractivity contribution is 7.22. The van der Waals surface area contributed by atoms with Gasteiger partial charge in [-0.15, -0.1) is 17.9 Å². The molecule has 1 aromatic carbocycles. The first-order valence-electron chi connectivity index (χ1n) is 8.50. The molecule has 0 bridgehead atoms. The third kappa shape index (κ3) is 4.47. The molecule has 0 spiro atoms. The van der Waals surface area contributed by atoms with Gasteiger partial charge in [0.15, 0.2) is 0 Å². The number of pyridine rings is 1. The molecular weight excluding hydrogens is 378 g/mol. The molecule has 0 fully saturated rings. The number of hydrogen-bond acceptors (Lipinski definition) is 5. The molecule has 0 radical (unpaired) electrons. The Morgan fingerprint density at radius 1 is 1.29 bits per heavy atom. The topological polar surface area (TPSA) is 103 Å². The van der Waals surface area contributed by atoms with Gasteiger partial charge in [-0.05, 0) is 35.2 Å². The number of thiophene rings is 1. The van der Waals surface area contributed by atoms with Crippen molar-refractivity contribution in [1.29, 1.82) is 0 Å². The van der Waals surface area contributed by atoms with Gasteiger partial charge in [0, 0.05) is 25.5 Å². The van der Waals surface area contributed by atoms with E-state index in [-0.39, 0.29) is 24.7 Å². The lowest BCUT2D eigenvalue weighted by molar-refractivity contribution is -0.117. The number of carboxylic acid groups (broad SMARTS) is 1. The lowest BCUT2D eigenvalue weighted by atomic mass is 9.97. The van der Waals surface area contributed by atoms with Crippen molar-refractivity contribution in [2.45, 2.75) is 5.92 Å². The number of aromatic nitrogens is 1. The fourth-order valence-corrected chi connectivity index (χ4v) is 3.74. The third-order valence-corrected chi connectivity index (χ3v) is 5.21. The van der Waals surface area contributed by atoms with Gasteiger partial charge >= 0.3 is 6.09 Å². The van der Waals surface area contributed by atoms with E-state index in [1.165, 1.54) is 29.5 Å². The number of hydrogen-bond donors (Lipinski definition) is 3. The number of aromatic hydroxyl groups is 1. The van der Waals surface area contributed by atoms with E-state index in [0.717, 1.165) is 15.0 Å². The predicted octanol–water partition coefficient (Wildman–Crippen LogP) is 3.89. The highest BCUT2D eigenvalue weighted by Crippen LogP contribution is 2.30. The molecule has 0 aliphatic rings. The zero-order valence-electron chi connectivity index (χ0n) is 14.9. The minimum atomic E-state index is -1.13. The molecule has 144 valence electrons. The Kier molecular flexibility index (Phi) is 5.90. The number of fused-ring (bicyclic) bond motifs is 1. The Morgan fingerprint density at radius 3 is 2.68 bits per heavy atom. The quantitative estimate of drug-likeness (QED) is 0.525. The molecule has 0 aliphatic heterocycles. The normalized spacial score (nSPS) is 11.7. The van der Waals surface area contributed by atoms with Gasteiger partial charge in [0.25, 0.3) is 0 Å². The Balaban J connectivity index is 1.87. The molecule has 7 nitrogen and oxygen atoms in total. The van der Waals surface area contributed by atoms with Crippen molar-refractivity contribution < 1.29 is 19.8 Å². The first kappa shape index (κ1) is 19.4. The summed E-state index contributed by atoms with van der Waals surface area (Å²) in [4.78, 5) is 29.7. The van der Waals surface area contributed by atoms with Crippen LogP contribution in [0.15, 0.2) is 61.4 Å². The molecule has 8 heteroatoms. The molecule has 2 aromatic heterocycles. The van der Waals surface area contributed by atoms with E-state index in [1.807, 2.05) is 12.1 Å². The summed E-state index contributed by atoms with van der Waals surface area (Å²) in [6, 6.07) is 9.88. The van der Waals surface area contributed by atoms with Crippen LogP contribution in [0, 0.1) is 0 Å². The highest BCUT2D eigenvalue weighted by atomic mass is 32.1. The van der Waals surface area contributed by atoms with Gasteiger partial charge in [0.1, 0.15) is 5.75 Å². The molecule has 1 unspecified atom stereocenters. The number of phenolic OH excluding ortho intramolecular Hbond substituents is 1. The second-order valence-electron chi connectivity index (χ2n) is 6.13. The molecule has 0 aliphatic carbocycles. The van der Waals surface area contributed by atoms with Crippen molar-refractivity contribution in [3.63, 3.8) is 0 Å². The van der Waals surface area contributed by atoms with E-state index in [0.29, 0.717) is 10.6 Å². The number of nitrogens with one attached hydrogen (secondary N) is 1. The molecule has 3 aromatic rings. The van der Waals surface area contributed by atoms with E-state index >= 15 is 0 Å². The van der Waals surface area contributed by atoms with Crippen LogP contribution in [0.5, 0.6) is 5.75 Å². The third-order valence-electron chi connectivity index (χ3n) is 4.20. The second-order valence-corrected chi connectivity index (χ2v) is 7.22. The number of benzene rings is 1. The van der Waals surface area contributed by atoms with Gasteiger partial charge in [-0.2, -0.15) is 0 Å². The van der Waals surface area contributed by atoms with Crippen LogP contribution in [0.1, 0.15) is 11.5 Å². The number of amides is 2. The van der Waals surface area contributed by atoms with E-state index < -0.39 is 12.0 Å². The maximum Gasteiger partial charge on any atom is 0.407 e. The summed E-state index contributed by atoms with van der Waals surface area (Å²) in [6.45, 7) is 3.63. The first-order valence-corrected chi connectivity index (χ1v) is 9.31. The Bertz CT molecular complexity index is 967. The fraction of sp³-hybridized carbons (Fsp3) is 0.150. The van der Waals surface area contributed by atoms with Crippen molar-refractivity contribution in [2.24, 2.45) is 0 Å². The average molecular weight is 397 g/mol. The van der Waals surface area contributed by atoms with Crippen molar-refractivity contribution >= 4 is 38.4 Å². The second kappa shape index (κ2) is 8.53. The zero-order chi connectivity index (χ0) is 20.1. The van der Waals surface area contributed by atoms with Gasteiger partial charge in [-0.1, -0.05) is 18.2 Å². The number of phenols is 1. The van der Waals surface area contributed by atoms with Gasteiger partial charge in [0.05, 0.1) is 15.6 Å².